The molecule has 6 aromatic rings. The predicted molar refractivity (Wildman–Crippen MR) is 224 cm³/mol. The highest BCUT2D eigenvalue weighted by Crippen LogP contribution is 2.30. The number of aliphatic hydroxyl groups is 1. The van der Waals surface area contributed by atoms with E-state index in [2.05, 4.69) is 74.4 Å². The number of aromatic nitrogens is 1. The van der Waals surface area contributed by atoms with Gasteiger partial charge in [0.05, 0.1) is 17.3 Å². The maximum absolute atomic E-state index is 12.8. The van der Waals surface area contributed by atoms with Gasteiger partial charge in [0.1, 0.15) is 11.9 Å². The summed E-state index contributed by atoms with van der Waals surface area (Å²) in [5.74, 6) is -0.0238. The number of nitrogens with one attached hydrogen (secondary N) is 4. The molecule has 0 unspecified atom stereocenters. The van der Waals surface area contributed by atoms with E-state index >= 15 is 0 Å². The van der Waals surface area contributed by atoms with Gasteiger partial charge in [0.15, 0.2) is 0 Å². The number of fused-ring (bicyclic) bond motifs is 1. The molecule has 1 saturated heterocycles. The van der Waals surface area contributed by atoms with Crippen molar-refractivity contribution in [3.8, 4) is 16.9 Å². The molecular weight excluding hydrogens is 703 g/mol. The molecule has 1 aliphatic rings. The van der Waals surface area contributed by atoms with Gasteiger partial charge in [-0.15, -0.1) is 0 Å². The molecule has 2 heterocycles. The van der Waals surface area contributed by atoms with E-state index in [1.54, 1.807) is 12.1 Å². The molecular formula is C46H49N5O5. The van der Waals surface area contributed by atoms with Crippen molar-refractivity contribution >= 4 is 34.1 Å². The third-order valence-electron chi connectivity index (χ3n) is 10.4. The first-order chi connectivity index (χ1) is 27.4. The number of aromatic amines is 1. The molecule has 6 N–H and O–H groups in total. The first-order valence-corrected chi connectivity index (χ1v) is 19.4. The normalized spacial score (nSPS) is 14.0. The minimum atomic E-state index is -0.794. The smallest absolute Gasteiger partial charge is 0.411 e. The van der Waals surface area contributed by atoms with Crippen LogP contribution in [-0.4, -0.2) is 65.0 Å². The molecule has 0 spiro atoms. The Bertz CT molecular complexity index is 2270. The van der Waals surface area contributed by atoms with Gasteiger partial charge in [-0.05, 0) is 104 Å². The summed E-state index contributed by atoms with van der Waals surface area (Å²) in [4.78, 5) is 29.7. The van der Waals surface area contributed by atoms with Gasteiger partial charge in [0.2, 0.25) is 5.56 Å². The summed E-state index contributed by atoms with van der Waals surface area (Å²) < 4.78 is 5.84. The highest BCUT2D eigenvalue weighted by Gasteiger charge is 2.23. The minimum Gasteiger partial charge on any atom is -0.506 e. The summed E-state index contributed by atoms with van der Waals surface area (Å²) in [5, 5.41) is 31.5. The number of phenols is 1. The maximum Gasteiger partial charge on any atom is 0.411 e. The molecule has 7 rings (SSSR count). The van der Waals surface area contributed by atoms with Crippen molar-refractivity contribution in [2.24, 2.45) is 0 Å². The van der Waals surface area contributed by atoms with Gasteiger partial charge in [-0.2, -0.15) is 0 Å². The number of aliphatic hydroxyl groups excluding tert-OH is 1. The van der Waals surface area contributed by atoms with Gasteiger partial charge in [0.25, 0.3) is 0 Å². The third-order valence-corrected chi connectivity index (χ3v) is 10.4. The second-order valence-corrected chi connectivity index (χ2v) is 14.3. The standard InChI is InChI=1S/C46H49N5O5/c52-42-22-20-38(39-21-23-44(54)50-45(39)42)43(53)31-47-27-24-32-16-18-35(19-17-32)48-40-14-6-4-11-34(40)12-8-28-51-29-25-36(26-30-51)56-46(55)49-41-15-7-5-13-37(41)33-9-2-1-3-10-33/h1-7,9-11,13-23,36,43,47-48,52-53H,8,12,24-31H2,(H,49,55)(H,50,54)/t43-/m0/s1. The van der Waals surface area contributed by atoms with Crippen molar-refractivity contribution in [2.75, 3.05) is 43.4 Å². The lowest BCUT2D eigenvalue weighted by atomic mass is 10.0. The Balaban J connectivity index is 0.817. The number of piperidine rings is 1. The minimum absolute atomic E-state index is 0.0238. The number of pyridine rings is 1. The zero-order valence-electron chi connectivity index (χ0n) is 31.4. The Labute approximate surface area is 327 Å². The number of anilines is 3. The number of likely N-dealkylation sites (tertiary alicyclic amines) is 1. The summed E-state index contributed by atoms with van der Waals surface area (Å²) in [7, 11) is 0. The molecule has 1 atom stereocenters. The van der Waals surface area contributed by atoms with Crippen LogP contribution >= 0.6 is 0 Å². The van der Waals surface area contributed by atoms with Crippen molar-refractivity contribution in [3.05, 3.63) is 154 Å². The largest absolute Gasteiger partial charge is 0.506 e. The van der Waals surface area contributed by atoms with Crippen LogP contribution in [0.25, 0.3) is 22.0 Å². The number of para-hydroxylation sites is 2. The van der Waals surface area contributed by atoms with E-state index in [1.807, 2.05) is 54.6 Å². The Morgan fingerprint density at radius 1 is 0.821 bits per heavy atom. The SMILES string of the molecule is O=C(Nc1ccccc1-c1ccccc1)OC1CCN(CCCc2ccccc2Nc2ccc(CCNC[C@H](O)c3ccc(O)c4[nH]c(=O)ccc34)cc2)CC1. The van der Waals surface area contributed by atoms with Gasteiger partial charge in [0, 0.05) is 48.0 Å². The molecule has 56 heavy (non-hydrogen) atoms. The van der Waals surface area contributed by atoms with E-state index in [0.29, 0.717) is 29.6 Å². The number of H-pyrrole nitrogens is 1. The number of hydrogen-bond acceptors (Lipinski definition) is 8. The van der Waals surface area contributed by atoms with Gasteiger partial charge < -0.3 is 35.5 Å². The van der Waals surface area contributed by atoms with E-state index in [1.165, 1.54) is 23.3 Å². The fourth-order valence-corrected chi connectivity index (χ4v) is 7.40. The zero-order chi connectivity index (χ0) is 38.7. The monoisotopic (exact) mass is 751 g/mol. The van der Waals surface area contributed by atoms with Crippen LogP contribution in [0.1, 0.15) is 42.1 Å². The number of aryl methyl sites for hydroxylation is 1. The maximum atomic E-state index is 12.8. The fourth-order valence-electron chi connectivity index (χ4n) is 7.40. The van der Waals surface area contributed by atoms with Crippen LogP contribution < -0.4 is 21.5 Å². The number of carbonyl (C=O) groups is 1. The van der Waals surface area contributed by atoms with Crippen LogP contribution in [0, 0.1) is 0 Å². The van der Waals surface area contributed by atoms with Crippen molar-refractivity contribution in [2.45, 2.75) is 44.3 Å². The Kier molecular flexibility index (Phi) is 12.7. The summed E-state index contributed by atoms with van der Waals surface area (Å²) >= 11 is 0. The number of carbonyl (C=O) groups excluding carboxylic acids is 1. The lowest BCUT2D eigenvalue weighted by Crippen LogP contribution is -2.39. The van der Waals surface area contributed by atoms with Crippen molar-refractivity contribution in [1.29, 1.82) is 0 Å². The molecule has 0 saturated carbocycles. The number of ether oxygens (including phenoxy) is 1. The van der Waals surface area contributed by atoms with Crippen LogP contribution in [0.5, 0.6) is 5.75 Å². The summed E-state index contributed by atoms with van der Waals surface area (Å²) in [6.07, 6.45) is 3.13. The van der Waals surface area contributed by atoms with Crippen LogP contribution in [0.2, 0.25) is 0 Å². The lowest BCUT2D eigenvalue weighted by molar-refractivity contribution is 0.0587. The van der Waals surface area contributed by atoms with Crippen molar-refractivity contribution in [3.63, 3.8) is 0 Å². The zero-order valence-corrected chi connectivity index (χ0v) is 31.4. The van der Waals surface area contributed by atoms with E-state index in [-0.39, 0.29) is 17.4 Å². The molecule has 1 amide bonds. The Hall–Kier alpha value is -5.94. The molecule has 0 radical (unpaired) electrons. The van der Waals surface area contributed by atoms with Crippen molar-refractivity contribution in [1.82, 2.24) is 15.2 Å². The van der Waals surface area contributed by atoms with Crippen LogP contribution in [0.15, 0.2) is 132 Å². The third kappa shape index (κ3) is 10.0. The lowest BCUT2D eigenvalue weighted by Gasteiger charge is -2.31. The Morgan fingerprint density at radius 2 is 1.55 bits per heavy atom. The number of nitrogens with zero attached hydrogens (tertiary/aromatic N) is 1. The molecule has 0 aliphatic carbocycles. The molecule has 1 aromatic heterocycles. The molecule has 5 aromatic carbocycles. The molecule has 1 fully saturated rings. The van der Waals surface area contributed by atoms with E-state index in [4.69, 9.17) is 4.74 Å². The van der Waals surface area contributed by atoms with E-state index < -0.39 is 12.2 Å². The first kappa shape index (κ1) is 38.3. The van der Waals surface area contributed by atoms with Gasteiger partial charge in [-0.25, -0.2) is 4.79 Å². The predicted octanol–water partition coefficient (Wildman–Crippen LogP) is 8.16. The average Bonchev–Trinajstić information content (AvgIpc) is 3.22. The summed E-state index contributed by atoms with van der Waals surface area (Å²) in [6, 6.07) is 40.9. The summed E-state index contributed by atoms with van der Waals surface area (Å²) in [6.45, 7) is 3.82. The molecule has 288 valence electrons. The second-order valence-electron chi connectivity index (χ2n) is 14.3. The van der Waals surface area contributed by atoms with Crippen LogP contribution in [0.3, 0.4) is 0 Å². The molecule has 10 nitrogen and oxygen atoms in total. The van der Waals surface area contributed by atoms with Gasteiger partial charge in [-0.1, -0.05) is 84.9 Å². The topological polar surface area (TPSA) is 139 Å². The van der Waals surface area contributed by atoms with Crippen LogP contribution in [-0.2, 0) is 17.6 Å². The van der Waals surface area contributed by atoms with Crippen molar-refractivity contribution < 1.29 is 19.7 Å². The quantitative estimate of drug-likeness (QED) is 0.0579. The Morgan fingerprint density at radius 3 is 2.36 bits per heavy atom. The molecule has 10 heteroatoms. The number of amides is 1. The van der Waals surface area contributed by atoms with E-state index in [0.717, 1.165) is 79.9 Å². The van der Waals surface area contributed by atoms with Gasteiger partial charge >= 0.3 is 6.09 Å². The van der Waals surface area contributed by atoms with Crippen LogP contribution in [0.4, 0.5) is 21.9 Å². The number of phenolic OH excluding ortho intramolecular Hbond substituents is 1. The highest BCUT2D eigenvalue weighted by atomic mass is 16.6. The summed E-state index contributed by atoms with van der Waals surface area (Å²) in [5.41, 5.74) is 8.02. The molecule has 0 bridgehead atoms. The molecule has 1 aliphatic heterocycles. The number of rotatable bonds is 15. The van der Waals surface area contributed by atoms with E-state index in [9.17, 15) is 19.8 Å². The average molecular weight is 752 g/mol. The van der Waals surface area contributed by atoms with Gasteiger partial charge in [-0.3, -0.25) is 10.1 Å². The first-order valence-electron chi connectivity index (χ1n) is 19.4. The number of aromatic hydroxyl groups is 1. The second kappa shape index (κ2) is 18.6. The highest BCUT2D eigenvalue weighted by molar-refractivity contribution is 5.91. The fraction of sp³-hybridized carbons (Fsp3) is 0.261. The number of benzene rings is 5. The number of hydrogen-bond donors (Lipinski definition) is 6.